The van der Waals surface area contributed by atoms with Crippen LogP contribution in [0.1, 0.15) is 47.0 Å². The third-order valence-electron chi connectivity index (χ3n) is 3.08. The molecular formula is C14H24FNO4. The summed E-state index contributed by atoms with van der Waals surface area (Å²) in [6.45, 7) is 7.21. The first-order chi connectivity index (χ1) is 9.23. The maximum absolute atomic E-state index is 13.5. The lowest BCUT2D eigenvalue weighted by molar-refractivity contribution is -0.150. The van der Waals surface area contributed by atoms with Gasteiger partial charge >= 0.3 is 12.1 Å². The average molecular weight is 289 g/mol. The second kappa shape index (κ2) is 6.90. The smallest absolute Gasteiger partial charge is 0.407 e. The number of amides is 1. The maximum atomic E-state index is 13.5. The fraction of sp³-hybridized carbons (Fsp3) is 0.857. The lowest BCUT2D eigenvalue weighted by atomic mass is 9.83. The Morgan fingerprint density at radius 2 is 1.95 bits per heavy atom. The molecule has 1 N–H and O–H groups in total. The van der Waals surface area contributed by atoms with Crippen LogP contribution in [0.5, 0.6) is 0 Å². The molecular weight excluding hydrogens is 265 g/mol. The number of ether oxygens (including phenoxy) is 2. The zero-order valence-electron chi connectivity index (χ0n) is 12.6. The predicted molar refractivity (Wildman–Crippen MR) is 72.0 cm³/mol. The Hall–Kier alpha value is -1.33. The van der Waals surface area contributed by atoms with Gasteiger partial charge in [0.05, 0.1) is 12.5 Å². The molecule has 0 aromatic heterocycles. The van der Waals surface area contributed by atoms with Gasteiger partial charge in [0.2, 0.25) is 0 Å². The lowest BCUT2D eigenvalue weighted by Crippen LogP contribution is -2.48. The van der Waals surface area contributed by atoms with Crippen LogP contribution in [0.2, 0.25) is 0 Å². The zero-order chi connectivity index (χ0) is 15.3. The molecule has 0 spiro atoms. The number of hydrogen-bond donors (Lipinski definition) is 1. The van der Waals surface area contributed by atoms with Crippen molar-refractivity contribution in [3.63, 3.8) is 0 Å². The van der Waals surface area contributed by atoms with E-state index in [4.69, 9.17) is 9.47 Å². The van der Waals surface area contributed by atoms with Gasteiger partial charge in [-0.2, -0.15) is 0 Å². The van der Waals surface area contributed by atoms with E-state index >= 15 is 0 Å². The Labute approximate surface area is 119 Å². The highest BCUT2D eigenvalue weighted by Crippen LogP contribution is 2.28. The van der Waals surface area contributed by atoms with Gasteiger partial charge in [0, 0.05) is 6.04 Å². The molecule has 20 heavy (non-hydrogen) atoms. The molecule has 0 aliphatic heterocycles. The van der Waals surface area contributed by atoms with Gasteiger partial charge in [-0.15, -0.1) is 0 Å². The molecule has 0 bridgehead atoms. The molecule has 5 nitrogen and oxygen atoms in total. The number of rotatable bonds is 3. The number of alkyl carbamates (subject to hydrolysis) is 1. The van der Waals surface area contributed by atoms with Crippen molar-refractivity contribution in [1.29, 1.82) is 0 Å². The molecule has 3 atom stereocenters. The summed E-state index contributed by atoms with van der Waals surface area (Å²) in [5.74, 6) is -1.11. The second-order valence-electron chi connectivity index (χ2n) is 6.02. The summed E-state index contributed by atoms with van der Waals surface area (Å²) in [5.41, 5.74) is -0.610. The predicted octanol–water partition coefficient (Wildman–Crippen LogP) is 2.58. The van der Waals surface area contributed by atoms with Crippen molar-refractivity contribution >= 4 is 12.1 Å². The van der Waals surface area contributed by atoms with Gasteiger partial charge in [0.25, 0.3) is 0 Å². The van der Waals surface area contributed by atoms with Crippen LogP contribution in [0.25, 0.3) is 0 Å². The minimum absolute atomic E-state index is 0.0826. The number of alkyl halides is 1. The summed E-state index contributed by atoms with van der Waals surface area (Å²) in [7, 11) is 0. The highest BCUT2D eigenvalue weighted by atomic mass is 19.1. The van der Waals surface area contributed by atoms with Crippen LogP contribution < -0.4 is 5.32 Å². The molecule has 0 aromatic carbocycles. The second-order valence-corrected chi connectivity index (χ2v) is 6.02. The monoisotopic (exact) mass is 289 g/mol. The average Bonchev–Trinajstić information content (AvgIpc) is 2.29. The molecule has 1 fully saturated rings. The molecule has 0 saturated heterocycles. The van der Waals surface area contributed by atoms with Crippen molar-refractivity contribution in [1.82, 2.24) is 5.32 Å². The number of carbonyl (C=O) groups excluding carboxylic acids is 2. The van der Waals surface area contributed by atoms with E-state index in [1.807, 2.05) is 0 Å². The normalized spacial score (nSPS) is 26.8. The highest BCUT2D eigenvalue weighted by molar-refractivity contribution is 5.75. The third-order valence-corrected chi connectivity index (χ3v) is 3.08. The van der Waals surface area contributed by atoms with Crippen LogP contribution >= 0.6 is 0 Å². The molecule has 0 radical (unpaired) electrons. The molecule has 1 rings (SSSR count). The Morgan fingerprint density at radius 1 is 1.30 bits per heavy atom. The molecule has 116 valence electrons. The topological polar surface area (TPSA) is 64.6 Å². The molecule has 6 heteroatoms. The summed E-state index contributed by atoms with van der Waals surface area (Å²) < 4.78 is 23.6. The zero-order valence-corrected chi connectivity index (χ0v) is 12.6. The van der Waals surface area contributed by atoms with Gasteiger partial charge in [0.15, 0.2) is 0 Å². The molecule has 1 saturated carbocycles. The van der Waals surface area contributed by atoms with Gasteiger partial charge in [-0.3, -0.25) is 4.79 Å². The maximum Gasteiger partial charge on any atom is 0.407 e. The van der Waals surface area contributed by atoms with E-state index in [1.54, 1.807) is 27.7 Å². The Balaban J connectivity index is 2.64. The van der Waals surface area contributed by atoms with Crippen LogP contribution in [0.15, 0.2) is 0 Å². The summed E-state index contributed by atoms with van der Waals surface area (Å²) in [6.07, 6.45) is -0.797. The lowest BCUT2D eigenvalue weighted by Gasteiger charge is -2.32. The van der Waals surface area contributed by atoms with E-state index < -0.39 is 35.8 Å². The number of hydrogen-bond acceptors (Lipinski definition) is 4. The van der Waals surface area contributed by atoms with Gasteiger partial charge < -0.3 is 14.8 Å². The van der Waals surface area contributed by atoms with E-state index in [1.165, 1.54) is 0 Å². The Kier molecular flexibility index (Phi) is 5.77. The summed E-state index contributed by atoms with van der Waals surface area (Å²) in [4.78, 5) is 23.6. The Bertz CT molecular complexity index is 354. The molecule has 1 aliphatic carbocycles. The summed E-state index contributed by atoms with van der Waals surface area (Å²) in [6, 6.07) is -0.434. The number of carbonyl (C=O) groups is 2. The van der Waals surface area contributed by atoms with E-state index in [2.05, 4.69) is 5.32 Å². The SMILES string of the molecule is CCOC(=O)[C@H]1C[C@H](F)CC[C@@H]1NC(=O)OC(C)(C)C. The van der Waals surface area contributed by atoms with Gasteiger partial charge in [-0.05, 0) is 47.0 Å². The van der Waals surface area contributed by atoms with Crippen molar-refractivity contribution in [2.45, 2.75) is 64.8 Å². The molecule has 1 amide bonds. The molecule has 0 aromatic rings. The van der Waals surface area contributed by atoms with E-state index in [9.17, 15) is 14.0 Å². The fourth-order valence-electron chi connectivity index (χ4n) is 2.26. The first-order valence-corrected chi connectivity index (χ1v) is 7.03. The van der Waals surface area contributed by atoms with Crippen LogP contribution in [0.4, 0.5) is 9.18 Å². The van der Waals surface area contributed by atoms with Crippen LogP contribution in [0.3, 0.4) is 0 Å². The van der Waals surface area contributed by atoms with Crippen molar-refractivity contribution in [2.75, 3.05) is 6.61 Å². The highest BCUT2D eigenvalue weighted by Gasteiger charge is 2.37. The van der Waals surface area contributed by atoms with Gasteiger partial charge in [0.1, 0.15) is 11.8 Å². The third kappa shape index (κ3) is 5.35. The van der Waals surface area contributed by atoms with Crippen molar-refractivity contribution in [2.24, 2.45) is 5.92 Å². The van der Waals surface area contributed by atoms with Crippen LogP contribution in [-0.2, 0) is 14.3 Å². The molecule has 0 unspecified atom stereocenters. The van der Waals surface area contributed by atoms with Crippen molar-refractivity contribution < 1.29 is 23.5 Å². The first kappa shape index (κ1) is 16.7. The number of halogens is 1. The van der Waals surface area contributed by atoms with Crippen LogP contribution in [-0.4, -0.2) is 36.5 Å². The number of esters is 1. The largest absolute Gasteiger partial charge is 0.466 e. The summed E-state index contributed by atoms with van der Waals surface area (Å²) in [5, 5.41) is 2.66. The van der Waals surface area contributed by atoms with Crippen LogP contribution in [0, 0.1) is 5.92 Å². The minimum Gasteiger partial charge on any atom is -0.466 e. The molecule has 1 aliphatic rings. The quantitative estimate of drug-likeness (QED) is 0.811. The molecule has 0 heterocycles. The van der Waals surface area contributed by atoms with E-state index in [0.717, 1.165) is 0 Å². The fourth-order valence-corrected chi connectivity index (χ4v) is 2.26. The van der Waals surface area contributed by atoms with Gasteiger partial charge in [-0.25, -0.2) is 9.18 Å². The summed E-state index contributed by atoms with van der Waals surface area (Å²) >= 11 is 0. The Morgan fingerprint density at radius 3 is 2.50 bits per heavy atom. The van der Waals surface area contributed by atoms with E-state index in [0.29, 0.717) is 12.8 Å². The van der Waals surface area contributed by atoms with Crippen molar-refractivity contribution in [3.05, 3.63) is 0 Å². The van der Waals surface area contributed by atoms with E-state index in [-0.39, 0.29) is 13.0 Å². The standard InChI is InChI=1S/C14H24FNO4/c1-5-19-12(17)10-8-9(15)6-7-11(10)16-13(18)20-14(2,3)4/h9-11H,5-8H2,1-4H3,(H,16,18)/t9-,10+,11+/m1/s1. The minimum atomic E-state index is -1.03. The number of nitrogens with one attached hydrogen (secondary N) is 1. The van der Waals surface area contributed by atoms with Gasteiger partial charge in [-0.1, -0.05) is 0 Å². The first-order valence-electron chi connectivity index (χ1n) is 7.03. The van der Waals surface area contributed by atoms with Crippen molar-refractivity contribution in [3.8, 4) is 0 Å².